The van der Waals surface area contributed by atoms with Crippen LogP contribution in [0.25, 0.3) is 11.1 Å². The van der Waals surface area contributed by atoms with Crippen LogP contribution in [0.3, 0.4) is 0 Å². The van der Waals surface area contributed by atoms with Gasteiger partial charge in [0, 0.05) is 18.8 Å². The number of nitrogens with zero attached hydrogens (tertiary/aromatic N) is 3. The van der Waals surface area contributed by atoms with Crippen molar-refractivity contribution < 1.29 is 18.9 Å². The number of non-ortho nitro benzene ring substituents is 1. The molecule has 10 heteroatoms. The van der Waals surface area contributed by atoms with Crippen LogP contribution in [0.2, 0.25) is 0 Å². The van der Waals surface area contributed by atoms with E-state index >= 15 is 0 Å². The van der Waals surface area contributed by atoms with E-state index in [9.17, 15) is 19.7 Å². The van der Waals surface area contributed by atoms with Crippen molar-refractivity contribution in [1.82, 2.24) is 14.9 Å². The Morgan fingerprint density at radius 1 is 1.16 bits per heavy atom. The van der Waals surface area contributed by atoms with Gasteiger partial charge in [0.25, 0.3) is 5.69 Å². The van der Waals surface area contributed by atoms with E-state index in [0.717, 1.165) is 21.9 Å². The number of amides is 1. The summed E-state index contributed by atoms with van der Waals surface area (Å²) in [5.74, 6) is -0.533. The Morgan fingerprint density at radius 2 is 2.03 bits per heavy atom. The van der Waals surface area contributed by atoms with Gasteiger partial charge in [0.1, 0.15) is 18.9 Å². The van der Waals surface area contributed by atoms with Crippen molar-refractivity contribution in [3.63, 3.8) is 0 Å². The number of carbonyl (C=O) groups is 1. The van der Waals surface area contributed by atoms with Gasteiger partial charge in [-0.15, -0.1) is 0 Å². The van der Waals surface area contributed by atoms with Gasteiger partial charge in [-0.05, 0) is 35.9 Å². The lowest BCUT2D eigenvalue weighted by Gasteiger charge is -2.09. The van der Waals surface area contributed by atoms with Crippen LogP contribution in [0, 0.1) is 10.1 Å². The van der Waals surface area contributed by atoms with Crippen LogP contribution in [0.1, 0.15) is 11.3 Å². The Bertz CT molecular complexity index is 1330. The molecule has 0 aliphatic heterocycles. The number of nitrogens with one attached hydrogen (secondary N) is 1. The molecule has 0 unspecified atom stereocenters. The molecule has 2 aromatic carbocycles. The lowest BCUT2D eigenvalue weighted by Crippen LogP contribution is -2.30. The molecule has 0 aliphatic carbocycles. The highest BCUT2D eigenvalue weighted by Crippen LogP contribution is 2.20. The van der Waals surface area contributed by atoms with E-state index in [-0.39, 0.29) is 24.4 Å². The minimum absolute atomic E-state index is 0.0507. The normalized spacial score (nSPS) is 10.8. The van der Waals surface area contributed by atoms with E-state index in [0.29, 0.717) is 17.9 Å². The van der Waals surface area contributed by atoms with Gasteiger partial charge in [-0.25, -0.2) is 4.79 Å². The second-order valence-electron chi connectivity index (χ2n) is 6.90. The number of nitro groups is 1. The smallest absolute Gasteiger partial charge is 0.420 e. The quantitative estimate of drug-likeness (QED) is 0.333. The summed E-state index contributed by atoms with van der Waals surface area (Å²) in [6, 6.07) is 16.6. The molecule has 4 rings (SSSR count). The molecule has 32 heavy (non-hydrogen) atoms. The second kappa shape index (κ2) is 9.13. The molecule has 1 N–H and O–H groups in total. The zero-order valence-electron chi connectivity index (χ0n) is 16.8. The molecule has 0 radical (unpaired) electrons. The molecule has 162 valence electrons. The molecule has 2 heterocycles. The maximum absolute atomic E-state index is 12.4. The number of aromatic nitrogens is 2. The first-order valence-electron chi connectivity index (χ1n) is 9.66. The topological polar surface area (TPSA) is 130 Å². The third-order valence-electron chi connectivity index (χ3n) is 4.67. The number of benzene rings is 2. The Hall–Kier alpha value is -4.47. The molecule has 0 atom stereocenters. The largest absolute Gasteiger partial charge is 0.487 e. The second-order valence-corrected chi connectivity index (χ2v) is 6.90. The van der Waals surface area contributed by atoms with Gasteiger partial charge in [0.05, 0.1) is 22.2 Å². The molecule has 0 fully saturated rings. The SMILES string of the molecule is O=C(Cn1c(=O)oc2cc([N+](=O)[O-])ccc21)NCc1cccc(OCc2ccccn2)c1. The van der Waals surface area contributed by atoms with Crippen molar-refractivity contribution in [2.45, 2.75) is 19.7 Å². The molecular formula is C22H18N4O6. The highest BCUT2D eigenvalue weighted by Gasteiger charge is 2.16. The third kappa shape index (κ3) is 4.81. The van der Waals surface area contributed by atoms with E-state index in [1.54, 1.807) is 6.20 Å². The van der Waals surface area contributed by atoms with Gasteiger partial charge in [0.15, 0.2) is 5.58 Å². The molecule has 0 saturated heterocycles. The van der Waals surface area contributed by atoms with Gasteiger partial charge in [-0.2, -0.15) is 0 Å². The van der Waals surface area contributed by atoms with E-state index in [1.165, 1.54) is 12.1 Å². The molecule has 2 aromatic heterocycles. The monoisotopic (exact) mass is 434 g/mol. The summed E-state index contributed by atoms with van der Waals surface area (Å²) < 4.78 is 11.9. The lowest BCUT2D eigenvalue weighted by molar-refractivity contribution is -0.384. The average molecular weight is 434 g/mol. The van der Waals surface area contributed by atoms with Crippen molar-refractivity contribution in [2.75, 3.05) is 0 Å². The van der Waals surface area contributed by atoms with Crippen LogP contribution in [-0.2, 0) is 24.5 Å². The van der Waals surface area contributed by atoms with Crippen LogP contribution in [0.4, 0.5) is 5.69 Å². The van der Waals surface area contributed by atoms with Crippen LogP contribution in [-0.4, -0.2) is 20.4 Å². The number of oxazole rings is 1. The van der Waals surface area contributed by atoms with Crippen molar-refractivity contribution in [2.24, 2.45) is 0 Å². The summed E-state index contributed by atoms with van der Waals surface area (Å²) in [5, 5.41) is 13.6. The Balaban J connectivity index is 1.37. The molecule has 0 saturated carbocycles. The first-order chi connectivity index (χ1) is 15.5. The van der Waals surface area contributed by atoms with Gasteiger partial charge >= 0.3 is 5.76 Å². The molecule has 0 spiro atoms. The summed E-state index contributed by atoms with van der Waals surface area (Å²) in [6.07, 6.45) is 1.69. The van der Waals surface area contributed by atoms with Crippen molar-refractivity contribution in [1.29, 1.82) is 0 Å². The highest BCUT2D eigenvalue weighted by molar-refractivity contribution is 5.80. The first kappa shape index (κ1) is 20.8. The number of fused-ring (bicyclic) bond motifs is 1. The number of pyridine rings is 1. The van der Waals surface area contributed by atoms with E-state index in [2.05, 4.69) is 10.3 Å². The number of hydrogen-bond acceptors (Lipinski definition) is 7. The highest BCUT2D eigenvalue weighted by atomic mass is 16.6. The van der Waals surface area contributed by atoms with Crippen LogP contribution >= 0.6 is 0 Å². The van der Waals surface area contributed by atoms with Crippen LogP contribution in [0.5, 0.6) is 5.75 Å². The summed E-state index contributed by atoms with van der Waals surface area (Å²) >= 11 is 0. The van der Waals surface area contributed by atoms with Crippen LogP contribution < -0.4 is 15.8 Å². The predicted octanol–water partition coefficient (Wildman–Crippen LogP) is 2.79. The van der Waals surface area contributed by atoms with Gasteiger partial charge < -0.3 is 14.5 Å². The fourth-order valence-electron chi connectivity index (χ4n) is 3.10. The summed E-state index contributed by atoms with van der Waals surface area (Å²) in [6.45, 7) is 0.278. The fourth-order valence-corrected chi connectivity index (χ4v) is 3.10. The lowest BCUT2D eigenvalue weighted by atomic mass is 10.2. The number of hydrogen-bond donors (Lipinski definition) is 1. The summed E-state index contributed by atoms with van der Waals surface area (Å²) in [7, 11) is 0. The average Bonchev–Trinajstić information content (AvgIpc) is 3.11. The Kier molecular flexibility index (Phi) is 5.93. The third-order valence-corrected chi connectivity index (χ3v) is 4.67. The maximum atomic E-state index is 12.4. The number of ether oxygens (including phenoxy) is 1. The number of nitro benzene ring substituents is 1. The van der Waals surface area contributed by atoms with Crippen molar-refractivity contribution in [3.05, 3.63) is 98.8 Å². The number of carbonyl (C=O) groups excluding carboxylic acids is 1. The molecule has 1 amide bonds. The number of rotatable bonds is 8. The summed E-state index contributed by atoms with van der Waals surface area (Å²) in [4.78, 5) is 39.0. The minimum Gasteiger partial charge on any atom is -0.487 e. The maximum Gasteiger partial charge on any atom is 0.420 e. The van der Waals surface area contributed by atoms with Gasteiger partial charge in [-0.1, -0.05) is 18.2 Å². The molecule has 0 bridgehead atoms. The van der Waals surface area contributed by atoms with Gasteiger partial charge in [-0.3, -0.25) is 24.5 Å². The molecular weight excluding hydrogens is 416 g/mol. The minimum atomic E-state index is -0.763. The van der Waals surface area contributed by atoms with Crippen molar-refractivity contribution >= 4 is 22.7 Å². The molecule has 0 aliphatic rings. The molecule has 10 nitrogen and oxygen atoms in total. The Morgan fingerprint density at radius 3 is 2.81 bits per heavy atom. The van der Waals surface area contributed by atoms with E-state index in [1.807, 2.05) is 42.5 Å². The van der Waals surface area contributed by atoms with Gasteiger partial charge in [0.2, 0.25) is 5.91 Å². The van der Waals surface area contributed by atoms with Crippen molar-refractivity contribution in [3.8, 4) is 5.75 Å². The predicted molar refractivity (Wildman–Crippen MR) is 114 cm³/mol. The fraction of sp³-hybridized carbons (Fsp3) is 0.136. The zero-order chi connectivity index (χ0) is 22.5. The molecule has 4 aromatic rings. The first-order valence-corrected chi connectivity index (χ1v) is 9.66. The van der Waals surface area contributed by atoms with Crippen LogP contribution in [0.15, 0.2) is 76.1 Å². The summed E-state index contributed by atoms with van der Waals surface area (Å²) in [5.41, 5.74) is 1.77. The van der Waals surface area contributed by atoms with E-state index in [4.69, 9.17) is 9.15 Å². The zero-order valence-corrected chi connectivity index (χ0v) is 16.8. The standard InChI is InChI=1S/C22H18N4O6/c27-21(13-25-19-8-7-17(26(29)30)11-20(19)32-22(25)28)24-12-15-4-3-6-18(10-15)31-14-16-5-1-2-9-23-16/h1-11H,12-14H2,(H,24,27). The van der Waals surface area contributed by atoms with E-state index < -0.39 is 16.6 Å². The Labute approximate surface area is 181 Å².